The van der Waals surface area contributed by atoms with Gasteiger partial charge in [-0.1, -0.05) is 18.2 Å². The van der Waals surface area contributed by atoms with Crippen LogP contribution in [0.15, 0.2) is 42.9 Å². The third-order valence-corrected chi connectivity index (χ3v) is 3.95. The highest BCUT2D eigenvalue weighted by Crippen LogP contribution is 2.20. The predicted octanol–water partition coefficient (Wildman–Crippen LogP) is 1.71. The Hall–Kier alpha value is -2.14. The highest BCUT2D eigenvalue weighted by atomic mass is 16.2. The summed E-state index contributed by atoms with van der Waals surface area (Å²) < 4.78 is 1.97. The lowest BCUT2D eigenvalue weighted by atomic mass is 10.0. The molecule has 1 unspecified atom stereocenters. The summed E-state index contributed by atoms with van der Waals surface area (Å²) in [6, 6.07) is 9.76. The molecule has 1 atom stereocenters. The number of benzene rings is 1. The van der Waals surface area contributed by atoms with Gasteiger partial charge in [0.1, 0.15) is 0 Å². The molecular formula is C16H20N4O. The number of carbonyl (C=O) groups excluding carboxylic acids is 1. The van der Waals surface area contributed by atoms with Gasteiger partial charge in [0.2, 0.25) is 5.91 Å². The highest BCUT2D eigenvalue weighted by Gasteiger charge is 2.29. The lowest BCUT2D eigenvalue weighted by molar-refractivity contribution is -0.121. The number of amides is 1. The maximum Gasteiger partial charge on any atom is 0.244 e. The number of rotatable bonds is 4. The zero-order chi connectivity index (χ0) is 14.7. The molecule has 0 aliphatic carbocycles. The largest absolute Gasteiger partial charge is 0.337 e. The zero-order valence-corrected chi connectivity index (χ0v) is 12.2. The molecule has 0 radical (unpaired) electrons. The van der Waals surface area contributed by atoms with E-state index in [0.717, 1.165) is 30.8 Å². The van der Waals surface area contributed by atoms with E-state index < -0.39 is 0 Å². The summed E-state index contributed by atoms with van der Waals surface area (Å²) in [5, 5.41) is 3.36. The molecule has 21 heavy (non-hydrogen) atoms. The highest BCUT2D eigenvalue weighted by molar-refractivity contribution is 5.97. The molecule has 0 saturated carbocycles. The molecule has 1 amide bonds. The molecule has 1 N–H and O–H groups in total. The number of para-hydroxylation sites is 1. The number of anilines is 1. The SMILES string of the molecule is Cn1cncc1CNC1CCCN(c2ccccc2)C1=O. The number of hydrogen-bond acceptors (Lipinski definition) is 3. The van der Waals surface area contributed by atoms with Crippen LogP contribution in [0.5, 0.6) is 0 Å². The fourth-order valence-electron chi connectivity index (χ4n) is 2.71. The van der Waals surface area contributed by atoms with Crippen LogP contribution in [0.25, 0.3) is 0 Å². The molecule has 1 aliphatic rings. The van der Waals surface area contributed by atoms with Gasteiger partial charge in [-0.3, -0.25) is 4.79 Å². The second-order valence-electron chi connectivity index (χ2n) is 5.40. The first-order valence-electron chi connectivity index (χ1n) is 7.31. The van der Waals surface area contributed by atoms with Crippen LogP contribution >= 0.6 is 0 Å². The molecule has 5 nitrogen and oxygen atoms in total. The van der Waals surface area contributed by atoms with E-state index in [-0.39, 0.29) is 11.9 Å². The lowest BCUT2D eigenvalue weighted by Crippen LogP contribution is -2.50. The molecule has 110 valence electrons. The average molecular weight is 284 g/mol. The van der Waals surface area contributed by atoms with Gasteiger partial charge in [-0.15, -0.1) is 0 Å². The molecule has 3 rings (SSSR count). The van der Waals surface area contributed by atoms with Crippen molar-refractivity contribution in [3.05, 3.63) is 48.5 Å². The number of piperidine rings is 1. The molecule has 0 bridgehead atoms. The Labute approximate surface area is 124 Å². The Kier molecular flexibility index (Phi) is 4.01. The molecule has 1 aromatic carbocycles. The van der Waals surface area contributed by atoms with Crippen LogP contribution in [-0.2, 0) is 18.4 Å². The minimum atomic E-state index is -0.117. The van der Waals surface area contributed by atoms with E-state index in [1.165, 1.54) is 0 Å². The smallest absolute Gasteiger partial charge is 0.244 e. The third-order valence-electron chi connectivity index (χ3n) is 3.95. The molecule has 1 aliphatic heterocycles. The first kappa shape index (κ1) is 13.8. The van der Waals surface area contributed by atoms with E-state index in [2.05, 4.69) is 10.3 Å². The van der Waals surface area contributed by atoms with Crippen LogP contribution in [-0.4, -0.2) is 28.0 Å². The van der Waals surface area contributed by atoms with Crippen molar-refractivity contribution < 1.29 is 4.79 Å². The number of aromatic nitrogens is 2. The maximum atomic E-state index is 12.6. The van der Waals surface area contributed by atoms with Gasteiger partial charge in [0, 0.05) is 32.0 Å². The number of aryl methyl sites for hydroxylation is 1. The van der Waals surface area contributed by atoms with Crippen molar-refractivity contribution in [3.8, 4) is 0 Å². The van der Waals surface area contributed by atoms with E-state index in [1.54, 1.807) is 6.33 Å². The Morgan fingerprint density at radius 1 is 1.33 bits per heavy atom. The van der Waals surface area contributed by atoms with Crippen LogP contribution in [0, 0.1) is 0 Å². The lowest BCUT2D eigenvalue weighted by Gasteiger charge is -2.32. The van der Waals surface area contributed by atoms with Crippen molar-refractivity contribution in [2.75, 3.05) is 11.4 Å². The van der Waals surface area contributed by atoms with Crippen molar-refractivity contribution >= 4 is 11.6 Å². The van der Waals surface area contributed by atoms with E-state index in [4.69, 9.17) is 0 Å². The van der Waals surface area contributed by atoms with Crippen molar-refractivity contribution in [2.24, 2.45) is 7.05 Å². The van der Waals surface area contributed by atoms with Crippen molar-refractivity contribution in [1.29, 1.82) is 0 Å². The Morgan fingerprint density at radius 2 is 2.14 bits per heavy atom. The standard InChI is InChI=1S/C16H20N4O/c1-19-12-17-10-14(19)11-18-15-8-5-9-20(16(15)21)13-6-3-2-4-7-13/h2-4,6-7,10,12,15,18H,5,8-9,11H2,1H3. The minimum absolute atomic E-state index is 0.117. The van der Waals surface area contributed by atoms with Crippen LogP contribution in [0.4, 0.5) is 5.69 Å². The van der Waals surface area contributed by atoms with Crippen molar-refractivity contribution in [2.45, 2.75) is 25.4 Å². The summed E-state index contributed by atoms with van der Waals surface area (Å²) in [5.41, 5.74) is 2.06. The monoisotopic (exact) mass is 284 g/mol. The van der Waals surface area contributed by atoms with E-state index in [0.29, 0.717) is 6.54 Å². The van der Waals surface area contributed by atoms with E-state index in [9.17, 15) is 4.79 Å². The van der Waals surface area contributed by atoms with Crippen molar-refractivity contribution in [3.63, 3.8) is 0 Å². The Balaban J connectivity index is 1.66. The van der Waals surface area contributed by atoms with Gasteiger partial charge in [0.25, 0.3) is 0 Å². The van der Waals surface area contributed by atoms with Crippen LogP contribution in [0.2, 0.25) is 0 Å². The fraction of sp³-hybridized carbons (Fsp3) is 0.375. The summed E-state index contributed by atoms with van der Waals surface area (Å²) in [5.74, 6) is 0.162. The van der Waals surface area contributed by atoms with Gasteiger partial charge in [-0.25, -0.2) is 4.98 Å². The van der Waals surface area contributed by atoms with Gasteiger partial charge in [0.15, 0.2) is 0 Å². The van der Waals surface area contributed by atoms with Gasteiger partial charge in [-0.2, -0.15) is 0 Å². The quantitative estimate of drug-likeness (QED) is 0.930. The predicted molar refractivity (Wildman–Crippen MR) is 81.9 cm³/mol. The van der Waals surface area contributed by atoms with Gasteiger partial charge >= 0.3 is 0 Å². The Bertz CT molecular complexity index is 608. The molecule has 2 heterocycles. The molecule has 1 fully saturated rings. The number of nitrogens with zero attached hydrogens (tertiary/aromatic N) is 3. The first-order chi connectivity index (χ1) is 10.3. The number of nitrogens with one attached hydrogen (secondary N) is 1. The minimum Gasteiger partial charge on any atom is -0.337 e. The number of hydrogen-bond donors (Lipinski definition) is 1. The summed E-state index contributed by atoms with van der Waals surface area (Å²) in [6.07, 6.45) is 5.51. The molecule has 1 saturated heterocycles. The second kappa shape index (κ2) is 6.10. The van der Waals surface area contributed by atoms with Crippen LogP contribution < -0.4 is 10.2 Å². The van der Waals surface area contributed by atoms with Gasteiger partial charge < -0.3 is 14.8 Å². The second-order valence-corrected chi connectivity index (χ2v) is 5.40. The average Bonchev–Trinajstić information content (AvgIpc) is 2.92. The summed E-state index contributed by atoms with van der Waals surface area (Å²) >= 11 is 0. The molecule has 0 spiro atoms. The maximum absolute atomic E-state index is 12.6. The molecule has 1 aromatic heterocycles. The Morgan fingerprint density at radius 3 is 2.86 bits per heavy atom. The van der Waals surface area contributed by atoms with E-state index in [1.807, 2.05) is 53.0 Å². The van der Waals surface area contributed by atoms with Gasteiger partial charge in [0.05, 0.1) is 18.1 Å². The topological polar surface area (TPSA) is 50.2 Å². The molecule has 5 heteroatoms. The summed E-state index contributed by atoms with van der Waals surface area (Å²) in [6.45, 7) is 1.46. The normalized spacial score (nSPS) is 19.0. The van der Waals surface area contributed by atoms with Crippen LogP contribution in [0.1, 0.15) is 18.5 Å². The molecular weight excluding hydrogens is 264 g/mol. The number of imidazole rings is 1. The third kappa shape index (κ3) is 2.97. The van der Waals surface area contributed by atoms with Crippen molar-refractivity contribution in [1.82, 2.24) is 14.9 Å². The van der Waals surface area contributed by atoms with Crippen LogP contribution in [0.3, 0.4) is 0 Å². The fourth-order valence-corrected chi connectivity index (χ4v) is 2.71. The first-order valence-corrected chi connectivity index (χ1v) is 7.31. The zero-order valence-electron chi connectivity index (χ0n) is 12.2. The summed E-state index contributed by atoms with van der Waals surface area (Å²) in [4.78, 5) is 18.6. The molecule has 2 aromatic rings. The van der Waals surface area contributed by atoms with Gasteiger partial charge in [-0.05, 0) is 25.0 Å². The summed E-state index contributed by atoms with van der Waals surface area (Å²) in [7, 11) is 1.96. The number of carbonyl (C=O) groups is 1. The van der Waals surface area contributed by atoms with E-state index >= 15 is 0 Å².